The second kappa shape index (κ2) is 4.61. The van der Waals surface area contributed by atoms with Crippen molar-refractivity contribution in [1.29, 1.82) is 0 Å². The van der Waals surface area contributed by atoms with Gasteiger partial charge in [0.2, 0.25) is 0 Å². The number of halogens is 4. The minimum absolute atomic E-state index is 0.0628. The highest BCUT2D eigenvalue weighted by Gasteiger charge is 2.31. The van der Waals surface area contributed by atoms with Crippen molar-refractivity contribution in [3.05, 3.63) is 46.7 Å². The summed E-state index contributed by atoms with van der Waals surface area (Å²) in [5.41, 5.74) is -0.197. The van der Waals surface area contributed by atoms with E-state index in [4.69, 9.17) is 11.6 Å². The van der Waals surface area contributed by atoms with Crippen LogP contribution in [0.4, 0.5) is 13.2 Å². The van der Waals surface area contributed by atoms with Gasteiger partial charge in [-0.2, -0.15) is 13.2 Å². The monoisotopic (exact) mass is 275 g/mol. The first-order chi connectivity index (χ1) is 8.39. The van der Waals surface area contributed by atoms with Crippen molar-refractivity contribution in [3.8, 4) is 0 Å². The van der Waals surface area contributed by atoms with Gasteiger partial charge in [0, 0.05) is 11.2 Å². The van der Waals surface area contributed by atoms with Crippen LogP contribution in [0.5, 0.6) is 0 Å². The summed E-state index contributed by atoms with van der Waals surface area (Å²) in [5.74, 6) is 0. The fourth-order valence-electron chi connectivity index (χ4n) is 1.61. The van der Waals surface area contributed by atoms with E-state index in [-0.39, 0.29) is 11.1 Å². The second-order valence-corrected chi connectivity index (χ2v) is 4.20. The molecular weight excluding hydrogens is 267 g/mol. The van der Waals surface area contributed by atoms with Gasteiger partial charge in [-0.3, -0.25) is 0 Å². The molecule has 0 aliphatic carbocycles. The van der Waals surface area contributed by atoms with Gasteiger partial charge in [0.25, 0.3) is 0 Å². The maximum Gasteiger partial charge on any atom is 0.416 e. The van der Waals surface area contributed by atoms with E-state index in [0.29, 0.717) is 5.56 Å². The van der Waals surface area contributed by atoms with Crippen molar-refractivity contribution < 1.29 is 13.2 Å². The maximum atomic E-state index is 12.5. The molecule has 1 atom stereocenters. The third kappa shape index (κ3) is 2.48. The van der Waals surface area contributed by atoms with Gasteiger partial charge >= 0.3 is 6.18 Å². The highest BCUT2D eigenvalue weighted by molar-refractivity contribution is 6.31. The van der Waals surface area contributed by atoms with Crippen molar-refractivity contribution in [2.75, 3.05) is 0 Å². The number of hydrogen-bond acceptors (Lipinski definition) is 2. The van der Waals surface area contributed by atoms with E-state index in [1.165, 1.54) is 16.9 Å². The normalized spacial score (nSPS) is 13.6. The third-order valence-electron chi connectivity index (χ3n) is 2.62. The first kappa shape index (κ1) is 12.9. The van der Waals surface area contributed by atoms with Crippen molar-refractivity contribution in [1.82, 2.24) is 15.0 Å². The Kier molecular flexibility index (Phi) is 3.30. The highest BCUT2D eigenvalue weighted by Crippen LogP contribution is 2.34. The lowest BCUT2D eigenvalue weighted by Gasteiger charge is -2.15. The topological polar surface area (TPSA) is 30.7 Å². The molecule has 0 fully saturated rings. The van der Waals surface area contributed by atoms with Gasteiger partial charge in [0.15, 0.2) is 0 Å². The molecular formula is C11H9ClF3N3. The van der Waals surface area contributed by atoms with Crippen LogP contribution >= 0.6 is 11.6 Å². The SMILES string of the molecule is CC(c1ccc(C(F)(F)F)cc1Cl)n1ccnn1. The van der Waals surface area contributed by atoms with Crippen LogP contribution in [0.2, 0.25) is 5.02 Å². The van der Waals surface area contributed by atoms with Gasteiger partial charge in [0.05, 0.1) is 17.8 Å². The van der Waals surface area contributed by atoms with E-state index in [1.54, 1.807) is 13.1 Å². The molecule has 0 spiro atoms. The molecule has 0 saturated heterocycles. The van der Waals surface area contributed by atoms with E-state index >= 15 is 0 Å². The zero-order valence-corrected chi connectivity index (χ0v) is 10.1. The second-order valence-electron chi connectivity index (χ2n) is 3.79. The van der Waals surface area contributed by atoms with Gasteiger partial charge in [0.1, 0.15) is 0 Å². The number of aromatic nitrogens is 3. The summed E-state index contributed by atoms with van der Waals surface area (Å²) in [5, 5.41) is 7.50. The van der Waals surface area contributed by atoms with Crippen LogP contribution in [-0.2, 0) is 6.18 Å². The van der Waals surface area contributed by atoms with E-state index in [2.05, 4.69) is 10.3 Å². The van der Waals surface area contributed by atoms with E-state index in [9.17, 15) is 13.2 Å². The Balaban J connectivity index is 2.36. The molecule has 0 radical (unpaired) electrons. The lowest BCUT2D eigenvalue weighted by atomic mass is 10.1. The standard InChI is InChI=1S/C11H9ClF3N3/c1-7(18-5-4-16-17-18)9-3-2-8(6-10(9)12)11(13,14)15/h2-7H,1H3. The molecule has 1 aromatic carbocycles. The lowest BCUT2D eigenvalue weighted by Crippen LogP contribution is -2.10. The predicted molar refractivity (Wildman–Crippen MR) is 60.3 cm³/mol. The average Bonchev–Trinajstić information content (AvgIpc) is 2.80. The fourth-order valence-corrected chi connectivity index (χ4v) is 1.95. The summed E-state index contributed by atoms with van der Waals surface area (Å²) >= 11 is 5.89. The number of rotatable bonds is 2. The predicted octanol–water partition coefficient (Wildman–Crippen LogP) is 3.56. The molecule has 18 heavy (non-hydrogen) atoms. The van der Waals surface area contributed by atoms with Crippen LogP contribution in [0.1, 0.15) is 24.1 Å². The Hall–Kier alpha value is -1.56. The summed E-state index contributed by atoms with van der Waals surface area (Å²) in [6.07, 6.45) is -1.27. The van der Waals surface area contributed by atoms with Crippen LogP contribution in [-0.4, -0.2) is 15.0 Å². The number of nitrogens with zero attached hydrogens (tertiary/aromatic N) is 3. The van der Waals surface area contributed by atoms with Gasteiger partial charge < -0.3 is 0 Å². The first-order valence-electron chi connectivity index (χ1n) is 5.12. The first-order valence-corrected chi connectivity index (χ1v) is 5.50. The largest absolute Gasteiger partial charge is 0.416 e. The highest BCUT2D eigenvalue weighted by atomic mass is 35.5. The Morgan fingerprint density at radius 2 is 2.06 bits per heavy atom. The molecule has 0 bridgehead atoms. The smallest absolute Gasteiger partial charge is 0.245 e. The molecule has 2 rings (SSSR count). The number of hydrogen-bond donors (Lipinski definition) is 0. The van der Waals surface area contributed by atoms with Gasteiger partial charge in [-0.25, -0.2) is 4.68 Å². The van der Waals surface area contributed by atoms with E-state index in [1.807, 2.05) is 0 Å². The fraction of sp³-hybridized carbons (Fsp3) is 0.273. The molecule has 0 N–H and O–H groups in total. The minimum atomic E-state index is -4.39. The third-order valence-corrected chi connectivity index (χ3v) is 2.94. The average molecular weight is 276 g/mol. The van der Waals surface area contributed by atoms with Crippen LogP contribution in [0.3, 0.4) is 0 Å². The Labute approximate surface area is 106 Å². The number of alkyl halides is 3. The molecule has 3 nitrogen and oxygen atoms in total. The van der Waals surface area contributed by atoms with Crippen molar-refractivity contribution in [3.63, 3.8) is 0 Å². The summed E-state index contributed by atoms with van der Waals surface area (Å²) in [4.78, 5) is 0. The molecule has 1 heterocycles. The molecule has 0 aliphatic heterocycles. The zero-order chi connectivity index (χ0) is 13.3. The molecule has 2 aromatic rings. The van der Waals surface area contributed by atoms with Gasteiger partial charge in [-0.1, -0.05) is 22.9 Å². The summed E-state index contributed by atoms with van der Waals surface area (Å²) in [6, 6.07) is 3.01. The molecule has 1 aromatic heterocycles. The maximum absolute atomic E-state index is 12.5. The molecule has 0 saturated carbocycles. The van der Waals surface area contributed by atoms with Gasteiger partial charge in [-0.15, -0.1) is 5.10 Å². The molecule has 0 amide bonds. The molecule has 96 valence electrons. The van der Waals surface area contributed by atoms with E-state index in [0.717, 1.165) is 12.1 Å². The summed E-state index contributed by atoms with van der Waals surface area (Å²) < 4.78 is 39.0. The number of benzene rings is 1. The Morgan fingerprint density at radius 1 is 1.33 bits per heavy atom. The Bertz CT molecular complexity index is 537. The Morgan fingerprint density at radius 3 is 2.56 bits per heavy atom. The zero-order valence-electron chi connectivity index (χ0n) is 9.32. The molecule has 1 unspecified atom stereocenters. The molecule has 0 aliphatic rings. The van der Waals surface area contributed by atoms with Crippen molar-refractivity contribution in [2.24, 2.45) is 0 Å². The van der Waals surface area contributed by atoms with Crippen LogP contribution in [0.25, 0.3) is 0 Å². The summed E-state index contributed by atoms with van der Waals surface area (Å²) in [6.45, 7) is 1.78. The van der Waals surface area contributed by atoms with Crippen LogP contribution in [0.15, 0.2) is 30.6 Å². The quantitative estimate of drug-likeness (QED) is 0.839. The van der Waals surface area contributed by atoms with Crippen LogP contribution < -0.4 is 0 Å². The molecule has 7 heteroatoms. The minimum Gasteiger partial charge on any atom is -0.245 e. The van der Waals surface area contributed by atoms with E-state index < -0.39 is 11.7 Å². The van der Waals surface area contributed by atoms with Gasteiger partial charge in [-0.05, 0) is 24.6 Å². The lowest BCUT2D eigenvalue weighted by molar-refractivity contribution is -0.137. The summed E-state index contributed by atoms with van der Waals surface area (Å²) in [7, 11) is 0. The van der Waals surface area contributed by atoms with Crippen molar-refractivity contribution >= 4 is 11.6 Å². The van der Waals surface area contributed by atoms with Crippen molar-refractivity contribution in [2.45, 2.75) is 19.1 Å². The van der Waals surface area contributed by atoms with Crippen LogP contribution in [0, 0.1) is 0 Å².